The standard InChI is InChI=1S/C15H17ClFN3/c1-2-6-18-14(15-19-7-3-8-20-15)10-11-4-5-12(16)13(17)9-11/h3-5,7-9,14,18H,2,6,10H2,1H3. The van der Waals surface area contributed by atoms with Crippen LogP contribution in [0, 0.1) is 5.82 Å². The second-order valence-electron chi connectivity index (χ2n) is 4.57. The third kappa shape index (κ3) is 3.99. The van der Waals surface area contributed by atoms with Crippen LogP contribution in [-0.2, 0) is 6.42 Å². The number of aromatic nitrogens is 2. The quantitative estimate of drug-likeness (QED) is 0.885. The molecule has 1 unspecified atom stereocenters. The molecule has 0 fully saturated rings. The summed E-state index contributed by atoms with van der Waals surface area (Å²) >= 11 is 5.70. The molecule has 2 rings (SSSR count). The van der Waals surface area contributed by atoms with Crippen molar-refractivity contribution in [2.45, 2.75) is 25.8 Å². The van der Waals surface area contributed by atoms with Gasteiger partial charge in [0, 0.05) is 12.4 Å². The average Bonchev–Trinajstić information content (AvgIpc) is 2.48. The van der Waals surface area contributed by atoms with E-state index in [1.165, 1.54) is 6.07 Å². The van der Waals surface area contributed by atoms with Crippen molar-refractivity contribution in [3.63, 3.8) is 0 Å². The Morgan fingerprint density at radius 2 is 2.05 bits per heavy atom. The Balaban J connectivity index is 2.17. The molecule has 1 aromatic carbocycles. The zero-order chi connectivity index (χ0) is 14.4. The van der Waals surface area contributed by atoms with Crippen molar-refractivity contribution < 1.29 is 4.39 Å². The van der Waals surface area contributed by atoms with Crippen LogP contribution in [0.4, 0.5) is 4.39 Å². The molecule has 1 heterocycles. The Bertz CT molecular complexity index is 548. The van der Waals surface area contributed by atoms with Gasteiger partial charge in [-0.1, -0.05) is 24.6 Å². The fourth-order valence-electron chi connectivity index (χ4n) is 1.97. The van der Waals surface area contributed by atoms with E-state index in [1.54, 1.807) is 24.5 Å². The predicted octanol–water partition coefficient (Wildman–Crippen LogP) is 3.55. The molecule has 0 aliphatic rings. The van der Waals surface area contributed by atoms with Crippen molar-refractivity contribution in [3.05, 3.63) is 58.9 Å². The molecule has 0 radical (unpaired) electrons. The molecular weight excluding hydrogens is 277 g/mol. The Morgan fingerprint density at radius 1 is 1.30 bits per heavy atom. The average molecular weight is 294 g/mol. The first-order valence-corrected chi connectivity index (χ1v) is 7.02. The van der Waals surface area contributed by atoms with Gasteiger partial charge in [-0.2, -0.15) is 0 Å². The van der Waals surface area contributed by atoms with Crippen molar-refractivity contribution in [2.75, 3.05) is 6.54 Å². The van der Waals surface area contributed by atoms with E-state index < -0.39 is 5.82 Å². The van der Waals surface area contributed by atoms with E-state index in [0.717, 1.165) is 24.4 Å². The summed E-state index contributed by atoms with van der Waals surface area (Å²) in [6.45, 7) is 2.96. The number of nitrogens with one attached hydrogen (secondary N) is 1. The maximum absolute atomic E-state index is 13.5. The lowest BCUT2D eigenvalue weighted by Gasteiger charge is -2.17. The predicted molar refractivity (Wildman–Crippen MR) is 78.2 cm³/mol. The minimum atomic E-state index is -0.396. The Morgan fingerprint density at radius 3 is 2.70 bits per heavy atom. The summed E-state index contributed by atoms with van der Waals surface area (Å²) in [6, 6.07) is 6.62. The van der Waals surface area contributed by atoms with Gasteiger partial charge in [-0.25, -0.2) is 14.4 Å². The molecule has 0 amide bonds. The van der Waals surface area contributed by atoms with Crippen LogP contribution < -0.4 is 5.32 Å². The van der Waals surface area contributed by atoms with Crippen molar-refractivity contribution in [1.29, 1.82) is 0 Å². The van der Waals surface area contributed by atoms with Gasteiger partial charge in [-0.3, -0.25) is 0 Å². The van der Waals surface area contributed by atoms with E-state index in [4.69, 9.17) is 11.6 Å². The Labute approximate surface area is 123 Å². The summed E-state index contributed by atoms with van der Waals surface area (Å²) in [5.74, 6) is 0.323. The van der Waals surface area contributed by atoms with E-state index in [-0.39, 0.29) is 11.1 Å². The number of halogens is 2. The van der Waals surface area contributed by atoms with Crippen LogP contribution in [0.15, 0.2) is 36.7 Å². The molecule has 2 aromatic rings. The maximum atomic E-state index is 13.5. The molecule has 5 heteroatoms. The van der Waals surface area contributed by atoms with Gasteiger partial charge in [0.15, 0.2) is 0 Å². The van der Waals surface area contributed by atoms with Gasteiger partial charge >= 0.3 is 0 Å². The molecule has 1 aromatic heterocycles. The maximum Gasteiger partial charge on any atom is 0.145 e. The minimum absolute atomic E-state index is 0.0308. The first kappa shape index (κ1) is 14.9. The normalized spacial score (nSPS) is 12.3. The molecule has 20 heavy (non-hydrogen) atoms. The van der Waals surface area contributed by atoms with Crippen LogP contribution in [0.1, 0.15) is 30.8 Å². The molecular formula is C15H17ClFN3. The minimum Gasteiger partial charge on any atom is -0.307 e. The third-order valence-electron chi connectivity index (χ3n) is 2.96. The van der Waals surface area contributed by atoms with E-state index in [9.17, 15) is 4.39 Å². The van der Waals surface area contributed by atoms with E-state index in [0.29, 0.717) is 6.42 Å². The van der Waals surface area contributed by atoms with Gasteiger partial charge in [0.1, 0.15) is 11.6 Å². The topological polar surface area (TPSA) is 37.8 Å². The van der Waals surface area contributed by atoms with Crippen LogP contribution >= 0.6 is 11.6 Å². The Kier molecular flexibility index (Phi) is 5.44. The number of rotatable bonds is 6. The summed E-state index contributed by atoms with van der Waals surface area (Å²) in [5, 5.41) is 3.53. The molecule has 0 bridgehead atoms. The van der Waals surface area contributed by atoms with Crippen LogP contribution in [-0.4, -0.2) is 16.5 Å². The lowest BCUT2D eigenvalue weighted by atomic mass is 10.0. The molecule has 0 aliphatic heterocycles. The molecule has 0 aliphatic carbocycles. The van der Waals surface area contributed by atoms with E-state index in [2.05, 4.69) is 22.2 Å². The zero-order valence-corrected chi connectivity index (χ0v) is 12.1. The molecule has 1 N–H and O–H groups in total. The summed E-state index contributed by atoms with van der Waals surface area (Å²) in [7, 11) is 0. The second kappa shape index (κ2) is 7.31. The number of hydrogen-bond acceptors (Lipinski definition) is 3. The van der Waals surface area contributed by atoms with E-state index >= 15 is 0 Å². The molecule has 0 saturated heterocycles. The van der Waals surface area contributed by atoms with Gasteiger partial charge in [0.05, 0.1) is 11.1 Å². The highest BCUT2D eigenvalue weighted by Gasteiger charge is 2.14. The third-order valence-corrected chi connectivity index (χ3v) is 3.27. The highest BCUT2D eigenvalue weighted by Crippen LogP contribution is 2.20. The van der Waals surface area contributed by atoms with Gasteiger partial charge < -0.3 is 5.32 Å². The molecule has 0 spiro atoms. The highest BCUT2D eigenvalue weighted by molar-refractivity contribution is 6.30. The smallest absolute Gasteiger partial charge is 0.145 e. The van der Waals surface area contributed by atoms with Crippen molar-refractivity contribution in [2.24, 2.45) is 0 Å². The molecule has 3 nitrogen and oxygen atoms in total. The number of hydrogen-bond donors (Lipinski definition) is 1. The van der Waals surface area contributed by atoms with Gasteiger partial charge in [0.2, 0.25) is 0 Å². The molecule has 0 saturated carbocycles. The summed E-state index contributed by atoms with van der Waals surface area (Å²) < 4.78 is 13.5. The van der Waals surface area contributed by atoms with Crippen LogP contribution in [0.25, 0.3) is 0 Å². The summed E-state index contributed by atoms with van der Waals surface area (Å²) in [4.78, 5) is 8.55. The van der Waals surface area contributed by atoms with Crippen LogP contribution in [0.2, 0.25) is 5.02 Å². The van der Waals surface area contributed by atoms with Gasteiger partial charge in [0.25, 0.3) is 0 Å². The number of nitrogens with zero attached hydrogens (tertiary/aromatic N) is 2. The zero-order valence-electron chi connectivity index (χ0n) is 11.3. The summed E-state index contributed by atoms with van der Waals surface area (Å²) in [5.41, 5.74) is 0.868. The fourth-order valence-corrected chi connectivity index (χ4v) is 2.08. The van der Waals surface area contributed by atoms with Crippen LogP contribution in [0.5, 0.6) is 0 Å². The monoisotopic (exact) mass is 293 g/mol. The van der Waals surface area contributed by atoms with Crippen molar-refractivity contribution >= 4 is 11.6 Å². The van der Waals surface area contributed by atoms with E-state index in [1.807, 2.05) is 6.07 Å². The van der Waals surface area contributed by atoms with Gasteiger partial charge in [-0.15, -0.1) is 0 Å². The first-order chi connectivity index (χ1) is 9.70. The largest absolute Gasteiger partial charge is 0.307 e. The lowest BCUT2D eigenvalue weighted by molar-refractivity contribution is 0.503. The fraction of sp³-hybridized carbons (Fsp3) is 0.333. The van der Waals surface area contributed by atoms with Crippen molar-refractivity contribution in [1.82, 2.24) is 15.3 Å². The molecule has 1 atom stereocenters. The molecule has 106 valence electrons. The Hall–Kier alpha value is -1.52. The second-order valence-corrected chi connectivity index (χ2v) is 4.97. The van der Waals surface area contributed by atoms with Crippen LogP contribution in [0.3, 0.4) is 0 Å². The summed E-state index contributed by atoms with van der Waals surface area (Å²) in [6.07, 6.45) is 5.06. The SMILES string of the molecule is CCCNC(Cc1ccc(Cl)c(F)c1)c1ncccn1. The van der Waals surface area contributed by atoms with Gasteiger partial charge in [-0.05, 0) is 43.1 Å². The highest BCUT2D eigenvalue weighted by atomic mass is 35.5. The lowest BCUT2D eigenvalue weighted by Crippen LogP contribution is -2.25. The number of benzene rings is 1. The first-order valence-electron chi connectivity index (χ1n) is 6.65. The van der Waals surface area contributed by atoms with Crippen molar-refractivity contribution in [3.8, 4) is 0 Å².